The van der Waals surface area contributed by atoms with Crippen LogP contribution in [0.1, 0.15) is 18.9 Å². The van der Waals surface area contributed by atoms with Gasteiger partial charge < -0.3 is 19.7 Å². The van der Waals surface area contributed by atoms with E-state index < -0.39 is 18.5 Å². The topological polar surface area (TPSA) is 84.9 Å². The minimum absolute atomic E-state index is 0.0802. The molecular formula is C21H21ClN2O5. The molecule has 0 spiro atoms. The minimum Gasteiger partial charge on any atom is -0.496 e. The summed E-state index contributed by atoms with van der Waals surface area (Å²) in [5, 5.41) is 3.26. The number of amides is 2. The maximum atomic E-state index is 12.8. The summed E-state index contributed by atoms with van der Waals surface area (Å²) in [6.45, 7) is 1.34. The van der Waals surface area contributed by atoms with Crippen molar-refractivity contribution in [3.05, 3.63) is 53.1 Å². The molecule has 0 radical (unpaired) electrons. The number of carbonyl (C=O) groups excluding carboxylic acids is 3. The number of carbonyl (C=O) groups is 3. The Balaban J connectivity index is 1.69. The molecule has 3 rings (SSSR count). The number of benzene rings is 2. The number of rotatable bonds is 5. The third-order valence-corrected chi connectivity index (χ3v) is 4.80. The van der Waals surface area contributed by atoms with Crippen molar-refractivity contribution in [3.63, 3.8) is 0 Å². The zero-order chi connectivity index (χ0) is 21.0. The number of fused-ring (bicyclic) bond motifs is 1. The molecule has 0 saturated heterocycles. The quantitative estimate of drug-likeness (QED) is 0.756. The Morgan fingerprint density at radius 2 is 2.00 bits per heavy atom. The normalized spacial score (nSPS) is 15.8. The van der Waals surface area contributed by atoms with Gasteiger partial charge in [-0.25, -0.2) is 0 Å². The highest BCUT2D eigenvalue weighted by Crippen LogP contribution is 2.31. The van der Waals surface area contributed by atoms with Crippen molar-refractivity contribution >= 4 is 40.8 Å². The molecule has 0 saturated carbocycles. The molecule has 0 aromatic heterocycles. The van der Waals surface area contributed by atoms with Crippen molar-refractivity contribution in [3.8, 4) is 5.75 Å². The van der Waals surface area contributed by atoms with E-state index in [4.69, 9.17) is 21.1 Å². The van der Waals surface area contributed by atoms with Gasteiger partial charge in [0, 0.05) is 23.0 Å². The van der Waals surface area contributed by atoms with Crippen LogP contribution in [0.25, 0.3) is 0 Å². The summed E-state index contributed by atoms with van der Waals surface area (Å²) in [7, 11) is 1.50. The standard InChI is InChI=1S/C21H21ClN2O5/c1-13-9-19(25)23-16-5-3-4-6-17(16)24(13)20(26)12-29-21(27)11-14-10-15(22)7-8-18(14)28-2/h3-8,10,13H,9,11-12H2,1-2H3,(H,23,25)/t13-/m1/s1. The molecule has 29 heavy (non-hydrogen) atoms. The number of anilines is 2. The largest absolute Gasteiger partial charge is 0.496 e. The summed E-state index contributed by atoms with van der Waals surface area (Å²) in [6, 6.07) is 11.6. The van der Waals surface area contributed by atoms with Gasteiger partial charge in [0.15, 0.2) is 6.61 Å². The summed E-state index contributed by atoms with van der Waals surface area (Å²) in [5.74, 6) is -0.653. The van der Waals surface area contributed by atoms with Gasteiger partial charge in [0.1, 0.15) is 5.75 Å². The lowest BCUT2D eigenvalue weighted by Crippen LogP contribution is -2.41. The highest BCUT2D eigenvalue weighted by molar-refractivity contribution is 6.30. The smallest absolute Gasteiger partial charge is 0.310 e. The predicted molar refractivity (Wildman–Crippen MR) is 109 cm³/mol. The lowest BCUT2D eigenvalue weighted by molar-refractivity contribution is -0.147. The Labute approximate surface area is 173 Å². The average molecular weight is 417 g/mol. The molecule has 0 unspecified atom stereocenters. The Kier molecular flexibility index (Phi) is 6.39. The molecule has 0 bridgehead atoms. The van der Waals surface area contributed by atoms with Gasteiger partial charge >= 0.3 is 5.97 Å². The van der Waals surface area contributed by atoms with Crippen LogP contribution in [0.4, 0.5) is 11.4 Å². The molecule has 2 aromatic rings. The monoisotopic (exact) mass is 416 g/mol. The van der Waals surface area contributed by atoms with Crippen molar-refractivity contribution in [1.82, 2.24) is 0 Å². The molecular weight excluding hydrogens is 396 g/mol. The van der Waals surface area contributed by atoms with Crippen LogP contribution >= 0.6 is 11.6 Å². The van der Waals surface area contributed by atoms with E-state index in [0.29, 0.717) is 27.7 Å². The van der Waals surface area contributed by atoms with Crippen LogP contribution < -0.4 is 15.0 Å². The molecule has 0 aliphatic carbocycles. The van der Waals surface area contributed by atoms with Crippen molar-refractivity contribution in [2.45, 2.75) is 25.8 Å². The second kappa shape index (κ2) is 8.96. The van der Waals surface area contributed by atoms with Crippen LogP contribution in [0.3, 0.4) is 0 Å². The second-order valence-electron chi connectivity index (χ2n) is 6.68. The fourth-order valence-corrected chi connectivity index (χ4v) is 3.47. The zero-order valence-corrected chi connectivity index (χ0v) is 16.9. The van der Waals surface area contributed by atoms with Crippen LogP contribution in [-0.4, -0.2) is 37.5 Å². The van der Waals surface area contributed by atoms with E-state index >= 15 is 0 Å². The molecule has 1 heterocycles. The first-order valence-corrected chi connectivity index (χ1v) is 9.46. The Bertz CT molecular complexity index is 946. The molecule has 7 nitrogen and oxygen atoms in total. The number of hydrogen-bond donors (Lipinski definition) is 1. The first kappa shape index (κ1) is 20.7. The molecule has 1 aliphatic rings. The Hall–Kier alpha value is -3.06. The minimum atomic E-state index is -0.580. The van der Waals surface area contributed by atoms with Crippen molar-refractivity contribution < 1.29 is 23.9 Å². The Morgan fingerprint density at radius 3 is 2.76 bits per heavy atom. The van der Waals surface area contributed by atoms with Crippen LogP contribution in [0.5, 0.6) is 5.75 Å². The first-order chi connectivity index (χ1) is 13.9. The van der Waals surface area contributed by atoms with Gasteiger partial charge in [-0.1, -0.05) is 23.7 Å². The second-order valence-corrected chi connectivity index (χ2v) is 7.11. The SMILES string of the molecule is COc1ccc(Cl)cc1CC(=O)OCC(=O)N1c2ccccc2NC(=O)C[C@H]1C. The van der Waals surface area contributed by atoms with Gasteiger partial charge in [-0.3, -0.25) is 14.4 Å². The molecule has 1 N–H and O–H groups in total. The number of methoxy groups -OCH3 is 1. The predicted octanol–water partition coefficient (Wildman–Crippen LogP) is 3.20. The summed E-state index contributed by atoms with van der Waals surface area (Å²) >= 11 is 5.98. The summed E-state index contributed by atoms with van der Waals surface area (Å²) in [4.78, 5) is 38.6. The summed E-state index contributed by atoms with van der Waals surface area (Å²) in [6.07, 6.45) is 0.0667. The van der Waals surface area contributed by atoms with Gasteiger partial charge in [0.25, 0.3) is 5.91 Å². The third kappa shape index (κ3) is 4.86. The lowest BCUT2D eigenvalue weighted by Gasteiger charge is -2.27. The lowest BCUT2D eigenvalue weighted by atomic mass is 10.1. The van der Waals surface area contributed by atoms with Crippen LogP contribution in [0, 0.1) is 0 Å². The highest BCUT2D eigenvalue weighted by atomic mass is 35.5. The van der Waals surface area contributed by atoms with E-state index in [-0.39, 0.29) is 24.8 Å². The van der Waals surface area contributed by atoms with E-state index in [1.54, 1.807) is 49.4 Å². The fraction of sp³-hybridized carbons (Fsp3) is 0.286. The number of hydrogen-bond acceptors (Lipinski definition) is 5. The van der Waals surface area contributed by atoms with Gasteiger partial charge in [-0.15, -0.1) is 0 Å². The van der Waals surface area contributed by atoms with Crippen LogP contribution in [0.15, 0.2) is 42.5 Å². The van der Waals surface area contributed by atoms with Gasteiger partial charge in [0.05, 0.1) is 24.9 Å². The van der Waals surface area contributed by atoms with Gasteiger partial charge in [-0.05, 0) is 37.3 Å². The van der Waals surface area contributed by atoms with Crippen LogP contribution in [0.2, 0.25) is 5.02 Å². The maximum Gasteiger partial charge on any atom is 0.310 e. The third-order valence-electron chi connectivity index (χ3n) is 4.56. The van der Waals surface area contributed by atoms with E-state index in [9.17, 15) is 14.4 Å². The van der Waals surface area contributed by atoms with Crippen LogP contribution in [-0.2, 0) is 25.5 Å². The van der Waals surface area contributed by atoms with Gasteiger partial charge in [0.2, 0.25) is 5.91 Å². The van der Waals surface area contributed by atoms with Crippen molar-refractivity contribution in [1.29, 1.82) is 0 Å². The number of esters is 1. The number of ether oxygens (including phenoxy) is 2. The number of nitrogens with one attached hydrogen (secondary N) is 1. The van der Waals surface area contributed by atoms with E-state index in [1.807, 2.05) is 0 Å². The molecule has 152 valence electrons. The van der Waals surface area contributed by atoms with Gasteiger partial charge in [-0.2, -0.15) is 0 Å². The molecule has 0 fully saturated rings. The Morgan fingerprint density at radius 1 is 1.24 bits per heavy atom. The van der Waals surface area contributed by atoms with E-state index in [0.717, 1.165) is 0 Å². The average Bonchev–Trinajstić information content (AvgIpc) is 2.80. The first-order valence-electron chi connectivity index (χ1n) is 9.08. The summed E-state index contributed by atoms with van der Waals surface area (Å²) < 4.78 is 10.4. The fourth-order valence-electron chi connectivity index (χ4n) is 3.27. The highest BCUT2D eigenvalue weighted by Gasteiger charge is 2.30. The molecule has 1 aliphatic heterocycles. The molecule has 8 heteroatoms. The molecule has 1 atom stereocenters. The molecule has 2 aromatic carbocycles. The summed E-state index contributed by atoms with van der Waals surface area (Å²) in [5.41, 5.74) is 1.69. The van der Waals surface area contributed by atoms with E-state index in [2.05, 4.69) is 5.32 Å². The zero-order valence-electron chi connectivity index (χ0n) is 16.1. The molecule has 2 amide bonds. The van der Waals surface area contributed by atoms with Crippen molar-refractivity contribution in [2.75, 3.05) is 23.9 Å². The number of para-hydroxylation sites is 2. The number of nitrogens with zero attached hydrogens (tertiary/aromatic N) is 1. The van der Waals surface area contributed by atoms with Crippen molar-refractivity contribution in [2.24, 2.45) is 0 Å². The number of halogens is 1. The van der Waals surface area contributed by atoms with E-state index in [1.165, 1.54) is 12.0 Å². The maximum absolute atomic E-state index is 12.8.